The minimum absolute atomic E-state index is 0.0163. The molecular formula is C99H146F7N2O23P. The highest BCUT2D eigenvalue weighted by atomic mass is 31.2. The van der Waals surface area contributed by atoms with Crippen molar-refractivity contribution in [3.8, 4) is 0 Å². The van der Waals surface area contributed by atoms with Crippen LogP contribution >= 0.6 is 8.53 Å². The predicted octanol–water partition coefficient (Wildman–Crippen LogP) is 12.9. The molecule has 8 saturated heterocycles. The van der Waals surface area contributed by atoms with Gasteiger partial charge in [-0.3, -0.25) is 4.79 Å². The van der Waals surface area contributed by atoms with Crippen molar-refractivity contribution in [3.05, 3.63) is 119 Å². The number of halogens is 7. The van der Waals surface area contributed by atoms with E-state index in [9.17, 15) is 66.9 Å². The van der Waals surface area contributed by atoms with Crippen molar-refractivity contribution in [2.75, 3.05) is 27.4 Å². The second-order valence-corrected chi connectivity index (χ2v) is 42.6. The molecule has 0 spiro atoms. The van der Waals surface area contributed by atoms with Crippen molar-refractivity contribution >= 4 is 14.5 Å². The number of fused-ring (bicyclic) bond motifs is 16. The minimum Gasteiger partial charge on any atom is -0.453 e. The number of rotatable bonds is 15. The first-order valence-electron chi connectivity index (χ1n) is 49.1. The van der Waals surface area contributed by atoms with Crippen LogP contribution < -0.4 is 0 Å². The second kappa shape index (κ2) is 40.4. The van der Waals surface area contributed by atoms with Crippen LogP contribution in [0.1, 0.15) is 202 Å². The Morgan fingerprint density at radius 2 is 1.02 bits per heavy atom. The van der Waals surface area contributed by atoms with Gasteiger partial charge in [0.1, 0.15) is 70.2 Å². The molecule has 8 aliphatic heterocycles. The lowest BCUT2D eigenvalue weighted by molar-refractivity contribution is -0.172. The topological polar surface area (TPSA) is 327 Å². The lowest BCUT2D eigenvalue weighted by atomic mass is 9.88. The van der Waals surface area contributed by atoms with Crippen molar-refractivity contribution < 1.29 is 145 Å². The Labute approximate surface area is 780 Å². The third kappa shape index (κ3) is 19.0. The van der Waals surface area contributed by atoms with Crippen LogP contribution in [0.3, 0.4) is 0 Å². The SMILES string of the molecule is CC(=O)O[C@]12C[C@@H]3C[C@]3(O)[C@H]1O[C@@H](C)[C@H]2F.CC1=CC[C@@]2(O)[C@@H]1O[C@@H](C)[C@H]2F.C[C@@H]1C=C[C@@]2(OCc3ccccc3)[C@@H]1O[C@@H](C)[C@@H]2O.C[C@@H]1C=C[C@]2(OCc3ccccc3)[C@H](F)[C@H](C)O[C@H]12.C[C@@H]1O[C@@H]2[C@@]3(C)C[C@H]3C[C@]2(O)[C@@H]1F.C[C@@H]1O[C@@H]2[C@H](O)CC[C@]2(O)[C@@H]1F.[2H][C@]12C[C@H]1C[C@]1(O)[C@H](F)[C@H](C)O[C@H]21.[2H][C@]12C[C@H]1C[C@]1(OP(OCC[N+]#[C-])N(C(C)C)C(C)C)[C@H](F)[C@H](C)O[C@H]21.[3H]OC.[3H]OC. The van der Waals surface area contributed by atoms with Crippen molar-refractivity contribution in [2.45, 2.75) is 417 Å². The quantitative estimate of drug-likeness (QED) is 0.0200. The number of alkyl halides is 7. The van der Waals surface area contributed by atoms with E-state index in [1.807, 2.05) is 106 Å². The molecule has 8 heterocycles. The highest BCUT2D eigenvalue weighted by Crippen LogP contribution is 2.72. The van der Waals surface area contributed by atoms with Gasteiger partial charge in [-0.25, -0.2) is 42.0 Å². The normalized spacial score (nSPS) is 51.1. The van der Waals surface area contributed by atoms with Crippen LogP contribution in [0.4, 0.5) is 30.7 Å². The van der Waals surface area contributed by atoms with E-state index >= 15 is 4.39 Å². The number of nitrogens with zero attached hydrogens (tertiary/aromatic N) is 2. The number of aliphatic hydroxyl groups is 9. The fraction of sp³-hybridized carbons (Fsp3) is 0.798. The molecule has 9 saturated carbocycles. The van der Waals surface area contributed by atoms with Crippen molar-refractivity contribution in [3.63, 3.8) is 0 Å². The Bertz CT molecular complexity index is 4370. The summed E-state index contributed by atoms with van der Waals surface area (Å²) in [5, 5.41) is 76.8. The van der Waals surface area contributed by atoms with Crippen molar-refractivity contribution in [1.82, 2.24) is 4.67 Å². The summed E-state index contributed by atoms with van der Waals surface area (Å²) in [6, 6.07) is 20.2. The van der Waals surface area contributed by atoms with E-state index in [-0.39, 0.29) is 84.7 Å². The first kappa shape index (κ1) is 99.3. The smallest absolute Gasteiger partial charge is 0.303 e. The molecule has 1 unspecified atom stereocenters. The van der Waals surface area contributed by atoms with Crippen LogP contribution in [-0.4, -0.2) is 302 Å². The molecular weight excluding hydrogens is 1750 g/mol. The number of hydrogen-bond donors (Lipinski definition) is 9. The fourth-order valence-corrected chi connectivity index (χ4v) is 26.1. The summed E-state index contributed by atoms with van der Waals surface area (Å²) in [7, 11) is 1.04. The molecule has 0 aromatic heterocycles. The Kier molecular flexibility index (Phi) is 30.3. The summed E-state index contributed by atoms with van der Waals surface area (Å²) in [6.45, 7) is 39.6. The molecule has 17 fully saturated rings. The number of hydrogen-bond acceptors (Lipinski definition) is 24. The maximum Gasteiger partial charge on any atom is 0.303 e. The van der Waals surface area contributed by atoms with Gasteiger partial charge in [-0.05, 0) is 212 Å². The zero-order valence-electron chi connectivity index (χ0n) is 83.5. The highest BCUT2D eigenvalue weighted by Gasteiger charge is 2.81. The maximum absolute atomic E-state index is 15.3. The zero-order chi connectivity index (χ0) is 100. The Balaban J connectivity index is 0.000000132. The van der Waals surface area contributed by atoms with E-state index in [2.05, 4.69) is 67.4 Å². The molecule has 25 nitrogen and oxygen atoms in total. The second-order valence-electron chi connectivity index (χ2n) is 41.2. The third-order valence-electron chi connectivity index (χ3n) is 31.3. The first-order valence-corrected chi connectivity index (χ1v) is 48.4. The van der Waals surface area contributed by atoms with Crippen LogP contribution in [0, 0.1) is 59.3 Å². The van der Waals surface area contributed by atoms with Gasteiger partial charge in [0, 0.05) is 54.2 Å². The molecule has 2 aromatic rings. The predicted molar refractivity (Wildman–Crippen MR) is 475 cm³/mol. The number of esters is 1. The minimum atomic E-state index is -1.55. The van der Waals surface area contributed by atoms with Gasteiger partial charge in [-0.1, -0.05) is 112 Å². The Morgan fingerprint density at radius 3 is 1.58 bits per heavy atom. The zero-order valence-corrected chi connectivity index (χ0v) is 80.4. The van der Waals surface area contributed by atoms with Crippen LogP contribution in [0.15, 0.2) is 96.6 Å². The van der Waals surface area contributed by atoms with Gasteiger partial charge in [0.25, 0.3) is 8.53 Å². The molecule has 0 amide bonds. The van der Waals surface area contributed by atoms with Crippen LogP contribution in [0.25, 0.3) is 4.85 Å². The van der Waals surface area contributed by atoms with Crippen molar-refractivity contribution in [2.24, 2.45) is 52.7 Å². The molecule has 22 rings (SSSR count). The Hall–Kier alpha value is -4.32. The van der Waals surface area contributed by atoms with E-state index in [1.54, 1.807) is 48.5 Å². The lowest BCUT2D eigenvalue weighted by Crippen LogP contribution is -2.50. The highest BCUT2D eigenvalue weighted by molar-refractivity contribution is 7.44. The van der Waals surface area contributed by atoms with Gasteiger partial charge in [0.05, 0.1) is 104 Å². The third-order valence-corrected chi connectivity index (χ3v) is 33.5. The summed E-state index contributed by atoms with van der Waals surface area (Å²) in [5.74, 6) is -0.629. The molecule has 33 heteroatoms. The summed E-state index contributed by atoms with van der Waals surface area (Å²) in [6.07, 6.45) is -1.53. The van der Waals surface area contributed by atoms with Gasteiger partial charge < -0.3 is 112 Å². The molecule has 20 aliphatic rings. The molecule has 9 N–H and O–H groups in total. The van der Waals surface area contributed by atoms with Crippen molar-refractivity contribution in [1.29, 1.82) is 2.86 Å². The van der Waals surface area contributed by atoms with E-state index < -0.39 is 205 Å². The number of carbonyl (C=O) groups is 1. The number of benzene rings is 2. The van der Waals surface area contributed by atoms with Crippen LogP contribution in [0.5, 0.6) is 0 Å². The molecule has 2 aromatic carbocycles. The fourth-order valence-electron chi connectivity index (χ4n) is 24.2. The summed E-state index contributed by atoms with van der Waals surface area (Å²) in [4.78, 5) is 14.4. The average molecular weight is 1900 g/mol. The number of aliphatic hydroxyl groups excluding tert-OH is 4. The summed E-state index contributed by atoms with van der Waals surface area (Å²) < 4.78 is 202. The molecule has 0 bridgehead atoms. The monoisotopic (exact) mass is 1900 g/mol. The molecule has 132 heavy (non-hydrogen) atoms. The van der Waals surface area contributed by atoms with Crippen LogP contribution in [-0.2, 0) is 79.2 Å². The van der Waals surface area contributed by atoms with Gasteiger partial charge in [0.15, 0.2) is 48.8 Å². The van der Waals surface area contributed by atoms with E-state index in [1.165, 1.54) is 21.1 Å². The van der Waals surface area contributed by atoms with E-state index in [4.69, 9.17) is 73.3 Å². The van der Waals surface area contributed by atoms with Gasteiger partial charge in [-0.15, -0.1) is 0 Å². The summed E-state index contributed by atoms with van der Waals surface area (Å²) >= 11 is 0. The summed E-state index contributed by atoms with van der Waals surface area (Å²) in [5.41, 5.74) is -6.96. The standard InChI is InChI=1S/C18H30FN2O3P.C16H19FO2.C16H20O3.C11H15FO4.C10H15FO2.2C9H13FO2.C8H13FO3.2CH4O/c1-11(2)21(12(3)4)25(22-8-7-20-6)24-18-10-14-9-15(14)17(18)23-13(5)16(18)19;2*1-11-8-9-16(14(17)12(2)19-15(11)16)18-10-13-6-4-3-5-7-13;1-5-8(12)11(16-6(2)13)4-7-3-10(7,14)9(11)15-5;1-5-7(11)10(12)4-6-3-9(6,2)8(10)13-5;1-4-7(10)9(11)3-5-2-6(5)8(9)12-4;1-5-3-4-9(11)7(10)6(2)12-8(5)9;1-4-6(9)8(11)3-2-5(10)7(8)12-4;2*1-2/h11-17H,7-10H2,1-5H3;3-9,11-12,14-15H,10H2,1-2H3;3-9,11-12,14-15,17H,10H2,1-2H3;5,7-9,14H,3-4H2,1-2H3;5-8,12H,3-4H2,1-2H3;4-8,11H,2-3H2,1H3;3,6-8,11H,4H2,1-2H3;4-7,10-11H,2-3H2,1H3;2*2H,1H3/t13-,14-,15-,16+,17+,18-,25?;11-,12+,14-,15-,16+;11-,12+,14+,15-,16+;5-,7-,8+,9+,10+,11-;5-,6-,7+,8+,9-,10-;4-,5-,6-,7+,8+,9-;6-,7+,8+,9-;4-,5+,6+,7+,8-;;/m01100000../s1/i15D;;;;;6D;;;2*2T. The van der Waals surface area contributed by atoms with E-state index in [0.29, 0.717) is 70.5 Å². The number of ether oxygens (including phenoxy) is 11. The molecule has 744 valence electrons. The van der Waals surface area contributed by atoms with Gasteiger partial charge in [-0.2, -0.15) is 0 Å². The molecule has 12 aliphatic carbocycles. The molecule has 0 radical (unpaired) electrons. The van der Waals surface area contributed by atoms with E-state index in [0.717, 1.165) is 36.0 Å². The molecule has 44 atom stereocenters. The largest absolute Gasteiger partial charge is 0.453 e. The first-order chi connectivity index (χ1) is 63.7. The Morgan fingerprint density at radius 1 is 0.561 bits per heavy atom. The lowest BCUT2D eigenvalue weighted by Gasteiger charge is -2.41. The average Bonchev–Trinajstić information content (AvgIpc) is 1.52. The maximum atomic E-state index is 15.3. The van der Waals surface area contributed by atoms with Gasteiger partial charge in [0.2, 0.25) is 9.41 Å². The van der Waals surface area contributed by atoms with Gasteiger partial charge >= 0.3 is 5.97 Å². The van der Waals surface area contributed by atoms with Crippen LogP contribution in [0.2, 0.25) is 0 Å². The number of carbonyl (C=O) groups excluding carboxylic acids is 1.